The van der Waals surface area contributed by atoms with Gasteiger partial charge in [0.15, 0.2) is 0 Å². The lowest BCUT2D eigenvalue weighted by molar-refractivity contribution is -0.176. The molecule has 0 aromatic carbocycles. The van der Waals surface area contributed by atoms with Gasteiger partial charge in [-0.2, -0.15) is 13.2 Å². The molecule has 76 valence electrons. The Morgan fingerprint density at radius 1 is 1.46 bits per heavy atom. The van der Waals surface area contributed by atoms with Crippen LogP contribution < -0.4 is 5.32 Å². The van der Waals surface area contributed by atoms with Gasteiger partial charge in [-0.15, -0.1) is 0 Å². The molecule has 1 aliphatic rings. The zero-order chi connectivity index (χ0) is 10.1. The van der Waals surface area contributed by atoms with Gasteiger partial charge in [-0.25, -0.2) is 0 Å². The average Bonchev–Trinajstić information content (AvgIpc) is 1.94. The smallest absolute Gasteiger partial charge is 0.343 e. The largest absolute Gasteiger partial charge is 0.471 e. The van der Waals surface area contributed by atoms with Crippen LogP contribution in [0.25, 0.3) is 0 Å². The lowest BCUT2D eigenvalue weighted by Crippen LogP contribution is -2.56. The van der Waals surface area contributed by atoms with Gasteiger partial charge in [-0.05, 0) is 25.7 Å². The van der Waals surface area contributed by atoms with Crippen molar-refractivity contribution in [3.8, 4) is 0 Å². The highest BCUT2D eigenvalue weighted by atomic mass is 19.4. The van der Waals surface area contributed by atoms with Crippen molar-refractivity contribution in [2.45, 2.75) is 44.3 Å². The van der Waals surface area contributed by atoms with Crippen LogP contribution in [0.15, 0.2) is 0 Å². The number of carbonyl (C=O) groups is 1. The Bertz CT molecular complexity index is 202. The average molecular weight is 195 g/mol. The van der Waals surface area contributed by atoms with Crippen molar-refractivity contribution in [1.82, 2.24) is 5.32 Å². The van der Waals surface area contributed by atoms with Crippen LogP contribution in [0.5, 0.6) is 0 Å². The van der Waals surface area contributed by atoms with Gasteiger partial charge in [0.1, 0.15) is 0 Å². The third kappa shape index (κ3) is 2.14. The molecule has 1 N–H and O–H groups in total. The number of hydrogen-bond donors (Lipinski definition) is 1. The highest BCUT2D eigenvalue weighted by Crippen LogP contribution is 2.35. The molecule has 0 aromatic heterocycles. The fraction of sp³-hybridized carbons (Fsp3) is 0.875. The summed E-state index contributed by atoms with van der Waals surface area (Å²) in [5, 5.41) is 2.06. The molecule has 1 amide bonds. The molecule has 13 heavy (non-hydrogen) atoms. The molecule has 5 heteroatoms. The van der Waals surface area contributed by atoms with Crippen LogP contribution in [0.2, 0.25) is 0 Å². The monoisotopic (exact) mass is 195 g/mol. The topological polar surface area (TPSA) is 29.1 Å². The van der Waals surface area contributed by atoms with E-state index in [9.17, 15) is 18.0 Å². The number of halogens is 3. The molecule has 2 nitrogen and oxygen atoms in total. The minimum Gasteiger partial charge on any atom is -0.343 e. The third-order valence-corrected chi connectivity index (χ3v) is 2.62. The maximum absolute atomic E-state index is 11.9. The lowest BCUT2D eigenvalue weighted by Gasteiger charge is -2.42. The van der Waals surface area contributed by atoms with E-state index in [1.165, 1.54) is 0 Å². The van der Waals surface area contributed by atoms with Crippen LogP contribution in [0.3, 0.4) is 0 Å². The van der Waals surface area contributed by atoms with Gasteiger partial charge < -0.3 is 5.32 Å². The minimum absolute atomic E-state index is 0.564. The number of hydrogen-bond acceptors (Lipinski definition) is 1. The minimum atomic E-state index is -4.75. The maximum atomic E-state index is 11.9. The van der Waals surface area contributed by atoms with E-state index in [2.05, 4.69) is 5.32 Å². The number of amides is 1. The van der Waals surface area contributed by atoms with Crippen molar-refractivity contribution in [3.63, 3.8) is 0 Å². The van der Waals surface area contributed by atoms with Crippen molar-refractivity contribution in [2.75, 3.05) is 0 Å². The molecule has 1 rings (SSSR count). The van der Waals surface area contributed by atoms with E-state index in [4.69, 9.17) is 0 Å². The fourth-order valence-corrected chi connectivity index (χ4v) is 1.48. The molecule has 0 radical (unpaired) electrons. The van der Waals surface area contributed by atoms with Crippen molar-refractivity contribution in [3.05, 3.63) is 0 Å². The van der Waals surface area contributed by atoms with Crippen LogP contribution in [0.4, 0.5) is 13.2 Å². The first-order valence-electron chi connectivity index (χ1n) is 4.29. The number of carbonyl (C=O) groups excluding carboxylic acids is 1. The summed E-state index contributed by atoms with van der Waals surface area (Å²) in [7, 11) is 0. The lowest BCUT2D eigenvalue weighted by atomic mass is 9.75. The standard InChI is InChI=1S/C8H12F3NO/c1-2-7(4-3-5-7)12-6(13)8(9,10)11/h2-5H2,1H3,(H,12,13). The zero-order valence-electron chi connectivity index (χ0n) is 7.37. The van der Waals surface area contributed by atoms with E-state index >= 15 is 0 Å². The first-order valence-corrected chi connectivity index (χ1v) is 4.29. The van der Waals surface area contributed by atoms with E-state index in [1.807, 2.05) is 0 Å². The quantitative estimate of drug-likeness (QED) is 0.717. The molecule has 0 unspecified atom stereocenters. The summed E-state index contributed by atoms with van der Waals surface area (Å²) in [5.41, 5.74) is -0.577. The maximum Gasteiger partial charge on any atom is 0.471 e. The van der Waals surface area contributed by atoms with Crippen molar-refractivity contribution in [1.29, 1.82) is 0 Å². The Morgan fingerprint density at radius 2 is 2.00 bits per heavy atom. The van der Waals surface area contributed by atoms with E-state index in [0.29, 0.717) is 19.3 Å². The molecular weight excluding hydrogens is 183 g/mol. The third-order valence-electron chi connectivity index (χ3n) is 2.62. The predicted octanol–water partition coefficient (Wildman–Crippen LogP) is 2.00. The first kappa shape index (κ1) is 10.3. The highest BCUT2D eigenvalue weighted by Gasteiger charge is 2.45. The molecule has 1 saturated carbocycles. The summed E-state index contributed by atoms with van der Waals surface area (Å²) < 4.78 is 35.6. The van der Waals surface area contributed by atoms with Gasteiger partial charge in [0, 0.05) is 5.54 Å². The van der Waals surface area contributed by atoms with Crippen LogP contribution in [-0.4, -0.2) is 17.6 Å². The van der Waals surface area contributed by atoms with Gasteiger partial charge in [-0.3, -0.25) is 4.79 Å². The van der Waals surface area contributed by atoms with Gasteiger partial charge in [0.05, 0.1) is 0 Å². The van der Waals surface area contributed by atoms with Gasteiger partial charge in [0.2, 0.25) is 0 Å². The summed E-state index contributed by atoms with van der Waals surface area (Å²) in [4.78, 5) is 10.6. The van der Waals surface area contributed by atoms with Crippen LogP contribution in [0.1, 0.15) is 32.6 Å². The van der Waals surface area contributed by atoms with E-state index in [-0.39, 0.29) is 0 Å². The van der Waals surface area contributed by atoms with Gasteiger partial charge in [0.25, 0.3) is 0 Å². The normalized spacial score (nSPS) is 20.6. The summed E-state index contributed by atoms with van der Waals surface area (Å²) in [6.07, 6.45) is -1.98. The number of alkyl halides is 3. The van der Waals surface area contributed by atoms with Crippen molar-refractivity contribution >= 4 is 5.91 Å². The Labute approximate surface area is 74.5 Å². The highest BCUT2D eigenvalue weighted by molar-refractivity contribution is 5.82. The molecule has 1 aliphatic carbocycles. The molecule has 0 aliphatic heterocycles. The van der Waals surface area contributed by atoms with Crippen LogP contribution in [-0.2, 0) is 4.79 Å². The van der Waals surface area contributed by atoms with Crippen LogP contribution >= 0.6 is 0 Å². The molecule has 0 heterocycles. The van der Waals surface area contributed by atoms with Crippen molar-refractivity contribution in [2.24, 2.45) is 0 Å². The molecule has 1 fully saturated rings. The van der Waals surface area contributed by atoms with Crippen LogP contribution in [0, 0.1) is 0 Å². The van der Waals surface area contributed by atoms with E-state index in [1.54, 1.807) is 6.92 Å². The molecule has 0 spiro atoms. The van der Waals surface area contributed by atoms with Gasteiger partial charge in [-0.1, -0.05) is 6.92 Å². The first-order chi connectivity index (χ1) is 5.90. The summed E-state index contributed by atoms with van der Waals surface area (Å²) >= 11 is 0. The second kappa shape index (κ2) is 3.20. The fourth-order valence-electron chi connectivity index (χ4n) is 1.48. The Kier molecular flexibility index (Phi) is 2.54. The van der Waals surface area contributed by atoms with Gasteiger partial charge >= 0.3 is 12.1 Å². The molecular formula is C8H12F3NO. The Hall–Kier alpha value is -0.740. The number of nitrogens with one attached hydrogen (secondary N) is 1. The summed E-state index contributed by atoms with van der Waals surface area (Å²) in [5.74, 6) is -1.81. The summed E-state index contributed by atoms with van der Waals surface area (Å²) in [6.45, 7) is 1.79. The SMILES string of the molecule is CCC1(NC(=O)C(F)(F)F)CCC1. The second-order valence-electron chi connectivity index (χ2n) is 3.44. The molecule has 0 saturated heterocycles. The van der Waals surface area contributed by atoms with Crippen molar-refractivity contribution < 1.29 is 18.0 Å². The predicted molar refractivity (Wildman–Crippen MR) is 41.1 cm³/mol. The Balaban J connectivity index is 2.52. The second-order valence-corrected chi connectivity index (χ2v) is 3.44. The molecule has 0 bridgehead atoms. The number of rotatable bonds is 2. The molecule has 0 atom stereocenters. The molecule has 0 aromatic rings. The zero-order valence-corrected chi connectivity index (χ0v) is 7.37. The van der Waals surface area contributed by atoms with E-state index < -0.39 is 17.6 Å². The van der Waals surface area contributed by atoms with E-state index in [0.717, 1.165) is 6.42 Å². The Morgan fingerprint density at radius 3 is 2.23 bits per heavy atom. The summed E-state index contributed by atoms with van der Waals surface area (Å²) in [6, 6.07) is 0.